The number of aryl methyl sites for hydroxylation is 3. The number of aromatic nitrogens is 4. The lowest BCUT2D eigenvalue weighted by Gasteiger charge is -2.16. The summed E-state index contributed by atoms with van der Waals surface area (Å²) in [4.78, 5) is 28.9. The predicted molar refractivity (Wildman–Crippen MR) is 156 cm³/mol. The lowest BCUT2D eigenvalue weighted by Crippen LogP contribution is -2.06. The van der Waals surface area contributed by atoms with Gasteiger partial charge in [0.25, 0.3) is 0 Å². The van der Waals surface area contributed by atoms with Crippen LogP contribution < -0.4 is 0 Å². The van der Waals surface area contributed by atoms with E-state index in [1.807, 2.05) is 6.08 Å². The number of aromatic amines is 2. The van der Waals surface area contributed by atoms with Crippen LogP contribution in [-0.4, -0.2) is 31.0 Å². The maximum atomic E-state index is 11.5. The topological polar surface area (TPSA) is 94.7 Å². The van der Waals surface area contributed by atoms with Crippen LogP contribution in [0.25, 0.3) is 39.3 Å². The van der Waals surface area contributed by atoms with Gasteiger partial charge in [0.15, 0.2) is 0 Å². The van der Waals surface area contributed by atoms with Crippen molar-refractivity contribution in [3.63, 3.8) is 0 Å². The number of carboxylic acids is 1. The van der Waals surface area contributed by atoms with Crippen LogP contribution in [0.5, 0.6) is 0 Å². The molecule has 0 aromatic carbocycles. The highest BCUT2D eigenvalue weighted by Crippen LogP contribution is 2.42. The molecule has 2 aliphatic heterocycles. The van der Waals surface area contributed by atoms with Crippen LogP contribution in [0, 0.1) is 20.8 Å². The van der Waals surface area contributed by atoms with E-state index in [2.05, 4.69) is 82.4 Å². The standard InChI is InChI=1S/C32H36N4O2/c1-8-21-18(5)27-15-30-22(9-2)17(4)26(34-30)14-28-19(6)23(10-11-31(37)38)32(36-28)20(7)25-12-16(3)24(33-25)13-29(21)35-27/h9,12-15,19,23,33-34H,2,8,10-11H2,1,3-7H3,(H,37,38)/t19?,23-/m0/s1. The summed E-state index contributed by atoms with van der Waals surface area (Å²) >= 11 is 0. The maximum absolute atomic E-state index is 11.5. The number of H-pyrrole nitrogens is 2. The minimum Gasteiger partial charge on any atom is -0.481 e. The Bertz CT molecular complexity index is 1670. The summed E-state index contributed by atoms with van der Waals surface area (Å²) in [5.74, 6) is -0.665. The molecule has 0 saturated heterocycles. The molecule has 5 rings (SSSR count). The molecule has 6 nitrogen and oxygen atoms in total. The van der Waals surface area contributed by atoms with E-state index in [4.69, 9.17) is 9.97 Å². The van der Waals surface area contributed by atoms with Crippen molar-refractivity contribution in [1.29, 1.82) is 0 Å². The second-order valence-corrected chi connectivity index (χ2v) is 10.6. The SMILES string of the molecule is C=Cc1c(C)c2cc3nc(c(C)c4cc(C)c(cc5nc(cc1[nH]2)C(C)=C5CC)[nH]4)[C@@H](CCC(=O)O)C3C. The Labute approximate surface area is 223 Å². The smallest absolute Gasteiger partial charge is 0.303 e. The zero-order valence-corrected chi connectivity index (χ0v) is 23.1. The van der Waals surface area contributed by atoms with Crippen molar-refractivity contribution in [3.8, 4) is 0 Å². The maximum Gasteiger partial charge on any atom is 0.303 e. The highest BCUT2D eigenvalue weighted by Gasteiger charge is 2.31. The van der Waals surface area contributed by atoms with Gasteiger partial charge in [-0.3, -0.25) is 9.78 Å². The Morgan fingerprint density at radius 1 is 0.974 bits per heavy atom. The average molecular weight is 509 g/mol. The Kier molecular flexibility index (Phi) is 6.59. The van der Waals surface area contributed by atoms with Crippen molar-refractivity contribution in [1.82, 2.24) is 19.9 Å². The Morgan fingerprint density at radius 3 is 2.34 bits per heavy atom. The van der Waals surface area contributed by atoms with Crippen molar-refractivity contribution < 1.29 is 9.90 Å². The molecule has 6 heteroatoms. The second-order valence-electron chi connectivity index (χ2n) is 10.6. The van der Waals surface area contributed by atoms with E-state index in [1.165, 1.54) is 11.1 Å². The van der Waals surface area contributed by atoms with Gasteiger partial charge in [-0.25, -0.2) is 4.98 Å². The van der Waals surface area contributed by atoms with E-state index in [0.717, 1.165) is 73.5 Å². The molecule has 0 amide bonds. The summed E-state index contributed by atoms with van der Waals surface area (Å²) in [6.45, 7) is 16.8. The van der Waals surface area contributed by atoms with E-state index >= 15 is 0 Å². The first-order valence-electron chi connectivity index (χ1n) is 13.4. The molecular formula is C32H36N4O2. The number of carboxylic acid groups (broad SMARTS) is 1. The van der Waals surface area contributed by atoms with Crippen LogP contribution in [-0.2, 0) is 4.79 Å². The third kappa shape index (κ3) is 4.28. The molecule has 2 atom stereocenters. The number of aliphatic carboxylic acids is 1. The van der Waals surface area contributed by atoms with Gasteiger partial charge in [0.1, 0.15) is 0 Å². The average Bonchev–Trinajstić information content (AvgIpc) is 3.57. The van der Waals surface area contributed by atoms with E-state index in [0.29, 0.717) is 6.42 Å². The molecular weight excluding hydrogens is 472 g/mol. The molecule has 0 saturated carbocycles. The first-order chi connectivity index (χ1) is 18.1. The first kappa shape index (κ1) is 25.7. The summed E-state index contributed by atoms with van der Waals surface area (Å²) in [5, 5.41) is 9.44. The van der Waals surface area contributed by atoms with Gasteiger partial charge < -0.3 is 15.1 Å². The van der Waals surface area contributed by atoms with Crippen LogP contribution in [0.1, 0.15) is 96.9 Å². The van der Waals surface area contributed by atoms with E-state index in [1.54, 1.807) is 0 Å². The Hall–Kier alpha value is -3.93. The normalized spacial score (nSPS) is 17.2. The minimum atomic E-state index is -0.781. The zero-order chi connectivity index (χ0) is 27.3. The predicted octanol–water partition coefficient (Wildman–Crippen LogP) is 7.98. The first-order valence-corrected chi connectivity index (χ1v) is 13.4. The van der Waals surface area contributed by atoms with Crippen molar-refractivity contribution in [2.24, 2.45) is 0 Å². The molecule has 5 heterocycles. The number of nitrogens with one attached hydrogen (secondary N) is 2. The van der Waals surface area contributed by atoms with Gasteiger partial charge in [0.05, 0.1) is 11.4 Å². The molecule has 3 aromatic heterocycles. The molecule has 0 aliphatic carbocycles. The molecule has 1 unspecified atom stereocenters. The van der Waals surface area contributed by atoms with Gasteiger partial charge in [-0.05, 0) is 92.6 Å². The molecule has 196 valence electrons. The summed E-state index contributed by atoms with van der Waals surface area (Å²) in [5.41, 5.74) is 14.7. The van der Waals surface area contributed by atoms with Crippen molar-refractivity contribution in [2.75, 3.05) is 0 Å². The van der Waals surface area contributed by atoms with Crippen molar-refractivity contribution >= 4 is 45.3 Å². The Balaban J connectivity index is 1.92. The van der Waals surface area contributed by atoms with E-state index in [9.17, 15) is 9.90 Å². The summed E-state index contributed by atoms with van der Waals surface area (Å²) in [7, 11) is 0. The van der Waals surface area contributed by atoms with E-state index < -0.39 is 5.97 Å². The lowest BCUT2D eigenvalue weighted by atomic mass is 9.86. The van der Waals surface area contributed by atoms with Crippen molar-refractivity contribution in [3.05, 3.63) is 75.9 Å². The molecule has 3 N–H and O–H groups in total. The third-order valence-corrected chi connectivity index (χ3v) is 8.35. The number of allylic oxidation sites excluding steroid dienone is 2. The van der Waals surface area contributed by atoms with Crippen LogP contribution in [0.4, 0.5) is 0 Å². The number of nitrogens with zero attached hydrogens (tertiary/aromatic N) is 2. The number of hydrogen-bond acceptors (Lipinski definition) is 3. The van der Waals surface area contributed by atoms with Crippen LogP contribution in [0.15, 0.2) is 30.8 Å². The van der Waals surface area contributed by atoms with Crippen LogP contribution >= 0.6 is 0 Å². The number of carbonyl (C=O) groups is 1. The van der Waals surface area contributed by atoms with Gasteiger partial charge in [0, 0.05) is 57.3 Å². The fraction of sp³-hybridized carbons (Fsp3) is 0.344. The van der Waals surface area contributed by atoms with Gasteiger partial charge in [-0.1, -0.05) is 26.5 Å². The summed E-state index contributed by atoms with van der Waals surface area (Å²) < 4.78 is 0. The largest absolute Gasteiger partial charge is 0.481 e. The molecule has 38 heavy (non-hydrogen) atoms. The fourth-order valence-electron chi connectivity index (χ4n) is 5.95. The number of fused-ring (bicyclic) bond motifs is 8. The highest BCUT2D eigenvalue weighted by atomic mass is 16.4. The molecule has 8 bridgehead atoms. The molecule has 0 spiro atoms. The van der Waals surface area contributed by atoms with Gasteiger partial charge in [0.2, 0.25) is 0 Å². The second kappa shape index (κ2) is 9.75. The summed E-state index contributed by atoms with van der Waals surface area (Å²) in [6.07, 6.45) is 3.44. The monoisotopic (exact) mass is 508 g/mol. The lowest BCUT2D eigenvalue weighted by molar-refractivity contribution is -0.137. The van der Waals surface area contributed by atoms with Crippen LogP contribution in [0.2, 0.25) is 0 Å². The third-order valence-electron chi connectivity index (χ3n) is 8.35. The van der Waals surface area contributed by atoms with Gasteiger partial charge >= 0.3 is 5.97 Å². The van der Waals surface area contributed by atoms with Crippen molar-refractivity contribution in [2.45, 2.75) is 72.6 Å². The van der Waals surface area contributed by atoms with E-state index in [-0.39, 0.29) is 18.3 Å². The molecule has 0 fully saturated rings. The number of hydrogen-bond donors (Lipinski definition) is 3. The quantitative estimate of drug-likeness (QED) is 0.326. The molecule has 3 aromatic rings. The number of rotatable bonds is 5. The zero-order valence-electron chi connectivity index (χ0n) is 23.1. The molecule has 0 radical (unpaired) electrons. The highest BCUT2D eigenvalue weighted by molar-refractivity contribution is 5.93. The molecule has 2 aliphatic rings. The fourth-order valence-corrected chi connectivity index (χ4v) is 5.95. The Morgan fingerprint density at radius 2 is 1.66 bits per heavy atom. The van der Waals surface area contributed by atoms with Gasteiger partial charge in [-0.2, -0.15) is 0 Å². The summed E-state index contributed by atoms with van der Waals surface area (Å²) in [6, 6.07) is 8.55. The van der Waals surface area contributed by atoms with Gasteiger partial charge in [-0.15, -0.1) is 0 Å². The minimum absolute atomic E-state index is 0.0254. The van der Waals surface area contributed by atoms with Crippen LogP contribution in [0.3, 0.4) is 0 Å².